The fourth-order valence-electron chi connectivity index (χ4n) is 0.748. The number of carboxylic acids is 1. The summed E-state index contributed by atoms with van der Waals surface area (Å²) in [4.78, 5) is 10.0. The zero-order valence-electron chi connectivity index (χ0n) is 6.49. The van der Waals surface area contributed by atoms with E-state index in [1.807, 2.05) is 0 Å². The molecule has 1 atom stereocenters. The molecule has 0 aliphatic rings. The normalized spacial score (nSPS) is 12.5. The third-order valence-corrected chi connectivity index (χ3v) is 1.41. The van der Waals surface area contributed by atoms with Gasteiger partial charge in [-0.1, -0.05) is 6.08 Å². The number of carbonyl (C=O) groups is 1. The lowest BCUT2D eigenvalue weighted by molar-refractivity contribution is -0.137. The van der Waals surface area contributed by atoms with E-state index in [0.717, 1.165) is 6.42 Å². The number of aliphatic hydroxyl groups is 1. The molecular weight excluding hydrogens is 144 g/mol. The Morgan fingerprint density at radius 1 is 1.55 bits per heavy atom. The van der Waals surface area contributed by atoms with E-state index in [0.29, 0.717) is 12.8 Å². The molecule has 0 aromatic heterocycles. The monoisotopic (exact) mass is 158 g/mol. The van der Waals surface area contributed by atoms with E-state index in [9.17, 15) is 4.79 Å². The molecule has 0 aliphatic heterocycles. The third-order valence-electron chi connectivity index (χ3n) is 1.41. The van der Waals surface area contributed by atoms with Crippen LogP contribution in [0.15, 0.2) is 12.7 Å². The average Bonchev–Trinajstić information content (AvgIpc) is 1.97. The molecule has 0 unspecified atom stereocenters. The predicted octanol–water partition coefficient (Wildman–Crippen LogP) is 1.18. The first-order valence-electron chi connectivity index (χ1n) is 3.69. The van der Waals surface area contributed by atoms with E-state index in [-0.39, 0.29) is 6.42 Å². The van der Waals surface area contributed by atoms with Crippen LogP contribution >= 0.6 is 0 Å². The molecule has 0 spiro atoms. The van der Waals surface area contributed by atoms with Crippen LogP contribution in [0.3, 0.4) is 0 Å². The van der Waals surface area contributed by atoms with Gasteiger partial charge in [0.15, 0.2) is 0 Å². The summed E-state index contributed by atoms with van der Waals surface area (Å²) in [6.45, 7) is 3.41. The number of hydrogen-bond acceptors (Lipinski definition) is 2. The molecule has 0 fully saturated rings. The quantitative estimate of drug-likeness (QED) is 0.450. The molecule has 0 saturated carbocycles. The van der Waals surface area contributed by atoms with Gasteiger partial charge in [0.05, 0.1) is 6.10 Å². The summed E-state index contributed by atoms with van der Waals surface area (Å²) in [6.07, 6.45) is 3.13. The van der Waals surface area contributed by atoms with Crippen LogP contribution in [-0.2, 0) is 4.79 Å². The predicted molar refractivity (Wildman–Crippen MR) is 42.3 cm³/mol. The van der Waals surface area contributed by atoms with Gasteiger partial charge in [-0.15, -0.1) is 6.58 Å². The third kappa shape index (κ3) is 7.06. The lowest BCUT2D eigenvalue weighted by atomic mass is 10.1. The van der Waals surface area contributed by atoms with Crippen molar-refractivity contribution in [3.8, 4) is 0 Å². The summed E-state index contributed by atoms with van der Waals surface area (Å²) in [5.74, 6) is -0.780. The van der Waals surface area contributed by atoms with E-state index in [2.05, 4.69) is 6.58 Å². The molecule has 64 valence electrons. The van der Waals surface area contributed by atoms with Gasteiger partial charge in [0.25, 0.3) is 0 Å². The number of rotatable bonds is 6. The molecule has 0 rings (SSSR count). The smallest absolute Gasteiger partial charge is 0.303 e. The Bertz CT molecular complexity index is 131. The number of unbranched alkanes of at least 4 members (excludes halogenated alkanes) is 1. The standard InChI is InChI=1S/C8H14O3/c1-2-7(9)5-3-4-6-8(10)11/h2,7,9H,1,3-6H2,(H,10,11)/t7-/m0/s1. The number of hydrogen-bond donors (Lipinski definition) is 2. The average molecular weight is 158 g/mol. The highest BCUT2D eigenvalue weighted by Gasteiger charge is 1.99. The van der Waals surface area contributed by atoms with Crippen LogP contribution in [0.5, 0.6) is 0 Å². The molecule has 0 bridgehead atoms. The van der Waals surface area contributed by atoms with Crippen LogP contribution in [0, 0.1) is 0 Å². The van der Waals surface area contributed by atoms with E-state index < -0.39 is 12.1 Å². The van der Waals surface area contributed by atoms with Gasteiger partial charge < -0.3 is 10.2 Å². The van der Waals surface area contributed by atoms with Crippen molar-refractivity contribution in [1.29, 1.82) is 0 Å². The largest absolute Gasteiger partial charge is 0.481 e. The first kappa shape index (κ1) is 10.2. The summed E-state index contributed by atoms with van der Waals surface area (Å²) in [5, 5.41) is 17.2. The van der Waals surface area contributed by atoms with Crippen molar-refractivity contribution in [3.05, 3.63) is 12.7 Å². The van der Waals surface area contributed by atoms with Gasteiger partial charge in [0.2, 0.25) is 0 Å². The van der Waals surface area contributed by atoms with Crippen molar-refractivity contribution in [2.75, 3.05) is 0 Å². The molecule has 2 N–H and O–H groups in total. The second kappa shape index (κ2) is 5.92. The fourth-order valence-corrected chi connectivity index (χ4v) is 0.748. The van der Waals surface area contributed by atoms with E-state index >= 15 is 0 Å². The highest BCUT2D eigenvalue weighted by Crippen LogP contribution is 2.03. The minimum Gasteiger partial charge on any atom is -0.481 e. The SMILES string of the molecule is C=C[C@H](O)CCCCC(=O)O. The maximum atomic E-state index is 10.0. The zero-order chi connectivity index (χ0) is 8.69. The van der Waals surface area contributed by atoms with Gasteiger partial charge in [0, 0.05) is 6.42 Å². The van der Waals surface area contributed by atoms with Crippen molar-refractivity contribution in [2.45, 2.75) is 31.8 Å². The Morgan fingerprint density at radius 2 is 2.18 bits per heavy atom. The zero-order valence-corrected chi connectivity index (χ0v) is 6.49. The van der Waals surface area contributed by atoms with Gasteiger partial charge in [-0.25, -0.2) is 0 Å². The van der Waals surface area contributed by atoms with Gasteiger partial charge in [-0.3, -0.25) is 4.79 Å². The Balaban J connectivity index is 3.14. The molecule has 0 saturated heterocycles. The molecular formula is C8H14O3. The first-order chi connectivity index (χ1) is 5.16. The van der Waals surface area contributed by atoms with E-state index in [1.54, 1.807) is 0 Å². The summed E-state index contributed by atoms with van der Waals surface area (Å²) in [5.41, 5.74) is 0. The molecule has 3 nitrogen and oxygen atoms in total. The van der Waals surface area contributed by atoms with Crippen molar-refractivity contribution in [2.24, 2.45) is 0 Å². The molecule has 0 heterocycles. The minimum absolute atomic E-state index is 0.184. The molecule has 0 radical (unpaired) electrons. The Morgan fingerprint density at radius 3 is 2.64 bits per heavy atom. The highest BCUT2D eigenvalue weighted by atomic mass is 16.4. The Hall–Kier alpha value is -0.830. The number of aliphatic hydroxyl groups excluding tert-OH is 1. The highest BCUT2D eigenvalue weighted by molar-refractivity contribution is 5.66. The fraction of sp³-hybridized carbons (Fsp3) is 0.625. The van der Waals surface area contributed by atoms with Gasteiger partial charge in [-0.2, -0.15) is 0 Å². The lowest BCUT2D eigenvalue weighted by Gasteiger charge is -2.02. The minimum atomic E-state index is -0.780. The Kier molecular flexibility index (Phi) is 5.47. The van der Waals surface area contributed by atoms with Gasteiger partial charge >= 0.3 is 5.97 Å². The van der Waals surface area contributed by atoms with Crippen molar-refractivity contribution in [1.82, 2.24) is 0 Å². The van der Waals surface area contributed by atoms with Crippen LogP contribution in [0.4, 0.5) is 0 Å². The van der Waals surface area contributed by atoms with Crippen LogP contribution < -0.4 is 0 Å². The van der Waals surface area contributed by atoms with Gasteiger partial charge in [0.1, 0.15) is 0 Å². The van der Waals surface area contributed by atoms with Crippen molar-refractivity contribution >= 4 is 5.97 Å². The maximum absolute atomic E-state index is 10.0. The van der Waals surface area contributed by atoms with Crippen LogP contribution in [-0.4, -0.2) is 22.3 Å². The Labute approximate surface area is 66.4 Å². The summed E-state index contributed by atoms with van der Waals surface area (Å²) in [7, 11) is 0. The molecule has 0 aliphatic carbocycles. The maximum Gasteiger partial charge on any atom is 0.303 e. The van der Waals surface area contributed by atoms with Crippen LogP contribution in [0.2, 0.25) is 0 Å². The van der Waals surface area contributed by atoms with Gasteiger partial charge in [-0.05, 0) is 19.3 Å². The van der Waals surface area contributed by atoms with Crippen LogP contribution in [0.25, 0.3) is 0 Å². The molecule has 0 aromatic rings. The second-order valence-corrected chi connectivity index (χ2v) is 2.44. The number of aliphatic carboxylic acids is 1. The number of carboxylic acid groups (broad SMARTS) is 1. The second-order valence-electron chi connectivity index (χ2n) is 2.44. The molecule has 3 heteroatoms. The summed E-state index contributed by atoms with van der Waals surface area (Å²) >= 11 is 0. The summed E-state index contributed by atoms with van der Waals surface area (Å²) < 4.78 is 0. The molecule has 0 amide bonds. The molecule has 0 aromatic carbocycles. The molecule has 11 heavy (non-hydrogen) atoms. The first-order valence-corrected chi connectivity index (χ1v) is 3.69. The lowest BCUT2D eigenvalue weighted by Crippen LogP contribution is -2.01. The van der Waals surface area contributed by atoms with E-state index in [1.165, 1.54) is 6.08 Å². The van der Waals surface area contributed by atoms with Crippen molar-refractivity contribution < 1.29 is 15.0 Å². The van der Waals surface area contributed by atoms with Crippen LogP contribution in [0.1, 0.15) is 25.7 Å². The van der Waals surface area contributed by atoms with E-state index in [4.69, 9.17) is 10.2 Å². The summed E-state index contributed by atoms with van der Waals surface area (Å²) in [6, 6.07) is 0. The topological polar surface area (TPSA) is 57.5 Å². The van der Waals surface area contributed by atoms with Crippen molar-refractivity contribution in [3.63, 3.8) is 0 Å².